The summed E-state index contributed by atoms with van der Waals surface area (Å²) in [6.45, 7) is 6.69. The molecule has 1 aliphatic rings. The molecule has 146 valence electrons. The Labute approximate surface area is 174 Å². The number of nitrogens with zero attached hydrogens (tertiary/aromatic N) is 1. The summed E-state index contributed by atoms with van der Waals surface area (Å²) in [5.74, 6) is 0. The predicted molar refractivity (Wildman–Crippen MR) is 125 cm³/mol. The molecule has 3 aromatic rings. The second-order valence-corrected chi connectivity index (χ2v) is 7.90. The second kappa shape index (κ2) is 8.61. The number of benzene rings is 2. The molecular weight excluding hydrogens is 350 g/mol. The number of pyridine rings is 1. The second-order valence-electron chi connectivity index (χ2n) is 7.90. The maximum atomic E-state index is 2.42. The van der Waals surface area contributed by atoms with E-state index in [1.54, 1.807) is 0 Å². The molecule has 0 spiro atoms. The van der Waals surface area contributed by atoms with Crippen LogP contribution in [-0.2, 0) is 0 Å². The van der Waals surface area contributed by atoms with Gasteiger partial charge in [-0.05, 0) is 66.5 Å². The van der Waals surface area contributed by atoms with E-state index in [4.69, 9.17) is 0 Å². The molecule has 0 radical (unpaired) electrons. The standard InChI is InChI=1S/C28H30N/c1-4-5-11-22(3)29-19-18-24-14-9-10-15-26(24)28(29)27-20-25(17-16-21(27)2)23-12-7-6-8-13-23/h5,7,9-20,22H,4,6,8H2,1-3H3/q+1. The molecule has 0 saturated carbocycles. The molecule has 0 amide bonds. The van der Waals surface area contributed by atoms with Gasteiger partial charge in [-0.2, -0.15) is 4.57 Å². The molecule has 2 aromatic carbocycles. The fourth-order valence-corrected chi connectivity index (χ4v) is 4.17. The Morgan fingerprint density at radius 2 is 1.93 bits per heavy atom. The zero-order chi connectivity index (χ0) is 20.2. The molecule has 0 aliphatic heterocycles. The molecule has 0 N–H and O–H groups in total. The molecule has 1 nitrogen and oxygen atoms in total. The number of aromatic nitrogens is 1. The summed E-state index contributed by atoms with van der Waals surface area (Å²) in [6.07, 6.45) is 17.1. The fraction of sp³-hybridized carbons (Fsp3) is 0.250. The van der Waals surface area contributed by atoms with Gasteiger partial charge in [-0.3, -0.25) is 0 Å². The Hall–Kier alpha value is -2.93. The summed E-state index contributed by atoms with van der Waals surface area (Å²) in [5, 5.41) is 2.59. The fourth-order valence-electron chi connectivity index (χ4n) is 4.17. The van der Waals surface area contributed by atoms with E-state index in [0.29, 0.717) is 6.04 Å². The van der Waals surface area contributed by atoms with Crippen molar-refractivity contribution in [3.05, 3.63) is 96.2 Å². The highest BCUT2D eigenvalue weighted by Crippen LogP contribution is 2.32. The lowest BCUT2D eigenvalue weighted by Gasteiger charge is -2.15. The molecule has 1 atom stereocenters. The van der Waals surface area contributed by atoms with Crippen LogP contribution < -0.4 is 4.57 Å². The summed E-state index contributed by atoms with van der Waals surface area (Å²) in [7, 11) is 0. The minimum absolute atomic E-state index is 0.298. The number of hydrogen-bond acceptors (Lipinski definition) is 0. The van der Waals surface area contributed by atoms with E-state index in [-0.39, 0.29) is 0 Å². The van der Waals surface area contributed by atoms with Crippen molar-refractivity contribution < 1.29 is 4.57 Å². The summed E-state index contributed by atoms with van der Waals surface area (Å²) in [6, 6.07) is 18.2. The minimum Gasteiger partial charge on any atom is -0.192 e. The number of aryl methyl sites for hydroxylation is 1. The average Bonchev–Trinajstić information content (AvgIpc) is 2.77. The largest absolute Gasteiger partial charge is 0.221 e. The number of fused-ring (bicyclic) bond motifs is 1. The first kappa shape index (κ1) is 19.4. The molecule has 1 heterocycles. The Kier molecular flexibility index (Phi) is 5.76. The summed E-state index contributed by atoms with van der Waals surface area (Å²) >= 11 is 0. The number of hydrogen-bond donors (Lipinski definition) is 0. The number of rotatable bonds is 5. The third kappa shape index (κ3) is 3.96. The van der Waals surface area contributed by atoms with Crippen LogP contribution in [0.5, 0.6) is 0 Å². The van der Waals surface area contributed by atoms with E-state index in [9.17, 15) is 0 Å². The monoisotopic (exact) mass is 380 g/mol. The van der Waals surface area contributed by atoms with E-state index in [1.807, 2.05) is 0 Å². The van der Waals surface area contributed by atoms with Gasteiger partial charge in [0.15, 0.2) is 12.2 Å². The molecule has 4 rings (SSSR count). The highest BCUT2D eigenvalue weighted by atomic mass is 15.0. The third-order valence-corrected chi connectivity index (χ3v) is 5.80. The predicted octanol–water partition coefficient (Wildman–Crippen LogP) is 7.36. The van der Waals surface area contributed by atoms with Crippen molar-refractivity contribution >= 4 is 16.3 Å². The van der Waals surface area contributed by atoms with Crippen molar-refractivity contribution in [1.29, 1.82) is 0 Å². The van der Waals surface area contributed by atoms with Crippen LogP contribution in [0.1, 0.15) is 50.3 Å². The normalized spacial score (nSPS) is 15.1. The maximum absolute atomic E-state index is 2.42. The molecule has 0 fully saturated rings. The van der Waals surface area contributed by atoms with Gasteiger partial charge in [0, 0.05) is 13.0 Å². The zero-order valence-electron chi connectivity index (χ0n) is 17.7. The van der Waals surface area contributed by atoms with Crippen LogP contribution in [-0.4, -0.2) is 0 Å². The third-order valence-electron chi connectivity index (χ3n) is 5.80. The zero-order valence-corrected chi connectivity index (χ0v) is 17.7. The molecule has 1 heteroatoms. The van der Waals surface area contributed by atoms with Gasteiger partial charge in [0.1, 0.15) is 0 Å². The lowest BCUT2D eigenvalue weighted by Crippen LogP contribution is -2.39. The average molecular weight is 381 g/mol. The highest BCUT2D eigenvalue weighted by molar-refractivity contribution is 5.94. The van der Waals surface area contributed by atoms with Gasteiger partial charge < -0.3 is 0 Å². The van der Waals surface area contributed by atoms with Crippen LogP contribution in [0.15, 0.2) is 85.1 Å². The van der Waals surface area contributed by atoms with Crippen LogP contribution >= 0.6 is 0 Å². The highest BCUT2D eigenvalue weighted by Gasteiger charge is 2.23. The first-order valence-electron chi connectivity index (χ1n) is 10.8. The molecule has 0 saturated heterocycles. The van der Waals surface area contributed by atoms with Gasteiger partial charge in [0.05, 0.1) is 10.9 Å². The van der Waals surface area contributed by atoms with Crippen molar-refractivity contribution in [1.82, 2.24) is 0 Å². The van der Waals surface area contributed by atoms with Crippen molar-refractivity contribution in [2.24, 2.45) is 0 Å². The molecule has 0 bridgehead atoms. The lowest BCUT2D eigenvalue weighted by atomic mass is 9.93. The summed E-state index contributed by atoms with van der Waals surface area (Å²) < 4.78 is 2.42. The quantitative estimate of drug-likeness (QED) is 0.321. The van der Waals surface area contributed by atoms with Gasteiger partial charge in [0.2, 0.25) is 5.69 Å². The minimum atomic E-state index is 0.298. The van der Waals surface area contributed by atoms with Crippen LogP contribution in [0.25, 0.3) is 27.6 Å². The Balaban J connectivity index is 1.96. The van der Waals surface area contributed by atoms with Gasteiger partial charge >= 0.3 is 0 Å². The van der Waals surface area contributed by atoms with Crippen molar-refractivity contribution in [2.45, 2.75) is 46.1 Å². The first-order valence-corrected chi connectivity index (χ1v) is 10.8. The maximum Gasteiger partial charge on any atom is 0.221 e. The van der Waals surface area contributed by atoms with E-state index in [1.165, 1.54) is 38.7 Å². The van der Waals surface area contributed by atoms with E-state index in [0.717, 1.165) is 19.3 Å². The van der Waals surface area contributed by atoms with Crippen LogP contribution in [0.4, 0.5) is 0 Å². The van der Waals surface area contributed by atoms with Crippen molar-refractivity contribution in [2.75, 3.05) is 0 Å². The smallest absolute Gasteiger partial charge is 0.192 e. The molecule has 29 heavy (non-hydrogen) atoms. The first-order chi connectivity index (χ1) is 14.2. The van der Waals surface area contributed by atoms with Crippen molar-refractivity contribution in [3.63, 3.8) is 0 Å². The van der Waals surface area contributed by atoms with E-state index in [2.05, 4.69) is 110 Å². The Bertz CT molecular complexity index is 1110. The van der Waals surface area contributed by atoms with Crippen LogP contribution in [0, 0.1) is 6.92 Å². The lowest BCUT2D eigenvalue weighted by molar-refractivity contribution is -0.697. The number of allylic oxidation sites excluding steroid dienone is 6. The Morgan fingerprint density at radius 3 is 2.72 bits per heavy atom. The molecule has 1 aromatic heterocycles. The Morgan fingerprint density at radius 1 is 1.07 bits per heavy atom. The molecule has 1 unspecified atom stereocenters. The summed E-state index contributed by atoms with van der Waals surface area (Å²) in [5.41, 5.74) is 6.57. The van der Waals surface area contributed by atoms with Crippen LogP contribution in [0.3, 0.4) is 0 Å². The molecular formula is C28H30N+. The SMILES string of the molecule is CCC=CC(C)[n+]1ccc2ccccc2c1-c1cc(C2=CCCC=C2)ccc1C. The van der Waals surface area contributed by atoms with Gasteiger partial charge in [-0.15, -0.1) is 0 Å². The van der Waals surface area contributed by atoms with E-state index >= 15 is 0 Å². The molecule has 1 aliphatic carbocycles. The van der Waals surface area contributed by atoms with Crippen LogP contribution in [0.2, 0.25) is 0 Å². The van der Waals surface area contributed by atoms with E-state index < -0.39 is 0 Å². The topological polar surface area (TPSA) is 3.88 Å². The van der Waals surface area contributed by atoms with Gasteiger partial charge in [0.25, 0.3) is 0 Å². The van der Waals surface area contributed by atoms with Crippen molar-refractivity contribution in [3.8, 4) is 11.3 Å². The van der Waals surface area contributed by atoms with Gasteiger partial charge in [-0.25, -0.2) is 0 Å². The van der Waals surface area contributed by atoms with Gasteiger partial charge in [-0.1, -0.05) is 61.6 Å². The summed E-state index contributed by atoms with van der Waals surface area (Å²) in [4.78, 5) is 0.